The van der Waals surface area contributed by atoms with E-state index in [9.17, 15) is 5.11 Å². The van der Waals surface area contributed by atoms with Gasteiger partial charge in [-0.1, -0.05) is 52.4 Å². The minimum atomic E-state index is -0.470. The first-order chi connectivity index (χ1) is 8.81. The van der Waals surface area contributed by atoms with Gasteiger partial charge in [0.25, 0.3) is 0 Å². The van der Waals surface area contributed by atoms with Crippen molar-refractivity contribution in [2.45, 2.75) is 71.3 Å². The zero-order valence-electron chi connectivity index (χ0n) is 12.3. The Morgan fingerprint density at radius 2 is 1.17 bits per heavy atom. The Hall–Kier alpha value is -0.120. The van der Waals surface area contributed by atoms with Crippen LogP contribution in [0.1, 0.15) is 65.2 Å². The lowest BCUT2D eigenvalue weighted by atomic mass is 10.2. The standard InChI is InChI=1S/C15H32O3/c1-3-5-7-9-11-17-13-15(16)14-18-12-10-8-6-4-2/h15-16H,3-14H2,1-2H3. The topological polar surface area (TPSA) is 38.7 Å². The molecule has 0 aromatic rings. The summed E-state index contributed by atoms with van der Waals surface area (Å²) in [5, 5.41) is 9.60. The van der Waals surface area contributed by atoms with Crippen molar-refractivity contribution in [2.24, 2.45) is 0 Å². The summed E-state index contributed by atoms with van der Waals surface area (Å²) in [6.07, 6.45) is 9.20. The second kappa shape index (κ2) is 14.9. The van der Waals surface area contributed by atoms with Crippen LogP contribution < -0.4 is 0 Å². The Morgan fingerprint density at radius 3 is 1.56 bits per heavy atom. The number of aliphatic hydroxyl groups is 1. The van der Waals surface area contributed by atoms with E-state index in [1.807, 2.05) is 0 Å². The van der Waals surface area contributed by atoms with Crippen LogP contribution in [0.2, 0.25) is 0 Å². The summed E-state index contributed by atoms with van der Waals surface area (Å²) in [4.78, 5) is 0. The van der Waals surface area contributed by atoms with Gasteiger partial charge in [-0.2, -0.15) is 0 Å². The van der Waals surface area contributed by atoms with E-state index in [-0.39, 0.29) is 0 Å². The van der Waals surface area contributed by atoms with Crippen molar-refractivity contribution >= 4 is 0 Å². The summed E-state index contributed by atoms with van der Waals surface area (Å²) in [6.45, 7) is 6.72. The summed E-state index contributed by atoms with van der Waals surface area (Å²) in [5.41, 5.74) is 0. The summed E-state index contributed by atoms with van der Waals surface area (Å²) < 4.78 is 10.8. The maximum Gasteiger partial charge on any atom is 0.101 e. The minimum Gasteiger partial charge on any atom is -0.388 e. The minimum absolute atomic E-state index is 0.404. The number of rotatable bonds is 14. The molecule has 0 atom stereocenters. The van der Waals surface area contributed by atoms with E-state index in [1.54, 1.807) is 0 Å². The largest absolute Gasteiger partial charge is 0.388 e. The van der Waals surface area contributed by atoms with Crippen LogP contribution in [0, 0.1) is 0 Å². The molecular weight excluding hydrogens is 228 g/mol. The van der Waals surface area contributed by atoms with Crippen LogP contribution in [-0.4, -0.2) is 37.6 Å². The lowest BCUT2D eigenvalue weighted by Gasteiger charge is -2.11. The van der Waals surface area contributed by atoms with Crippen LogP contribution >= 0.6 is 0 Å². The Balaban J connectivity index is 3.10. The molecule has 0 aromatic carbocycles. The fraction of sp³-hybridized carbons (Fsp3) is 1.00. The quantitative estimate of drug-likeness (QED) is 0.485. The fourth-order valence-corrected chi connectivity index (χ4v) is 1.75. The van der Waals surface area contributed by atoms with Gasteiger partial charge < -0.3 is 14.6 Å². The zero-order chi connectivity index (χ0) is 13.5. The van der Waals surface area contributed by atoms with E-state index >= 15 is 0 Å². The molecular formula is C15H32O3. The third kappa shape index (κ3) is 13.9. The SMILES string of the molecule is CCCCCCOCC(O)COCCCCCC. The van der Waals surface area contributed by atoms with Gasteiger partial charge >= 0.3 is 0 Å². The molecule has 0 aliphatic heterocycles. The number of hydrogen-bond donors (Lipinski definition) is 1. The molecule has 0 heterocycles. The monoisotopic (exact) mass is 260 g/mol. The van der Waals surface area contributed by atoms with E-state index in [1.165, 1.54) is 38.5 Å². The van der Waals surface area contributed by atoms with Gasteiger partial charge in [0.1, 0.15) is 6.10 Å². The molecule has 0 amide bonds. The van der Waals surface area contributed by atoms with Gasteiger partial charge in [-0.15, -0.1) is 0 Å². The van der Waals surface area contributed by atoms with Crippen molar-refractivity contribution < 1.29 is 14.6 Å². The molecule has 110 valence electrons. The van der Waals surface area contributed by atoms with E-state index in [4.69, 9.17) is 9.47 Å². The molecule has 0 aromatic heterocycles. The van der Waals surface area contributed by atoms with Crippen molar-refractivity contribution in [3.05, 3.63) is 0 Å². The highest BCUT2D eigenvalue weighted by atomic mass is 16.5. The molecule has 0 bridgehead atoms. The Labute approximate surface area is 113 Å². The summed E-state index contributed by atoms with van der Waals surface area (Å²) in [6, 6.07) is 0. The van der Waals surface area contributed by atoms with E-state index in [0.717, 1.165) is 26.1 Å². The van der Waals surface area contributed by atoms with Gasteiger partial charge in [0.2, 0.25) is 0 Å². The highest BCUT2D eigenvalue weighted by Crippen LogP contribution is 2.01. The predicted octanol–water partition coefficient (Wildman–Crippen LogP) is 3.54. The highest BCUT2D eigenvalue weighted by molar-refractivity contribution is 4.52. The Morgan fingerprint density at radius 1 is 0.722 bits per heavy atom. The average Bonchev–Trinajstić information content (AvgIpc) is 2.38. The lowest BCUT2D eigenvalue weighted by molar-refractivity contribution is -0.0200. The number of aliphatic hydroxyl groups excluding tert-OH is 1. The van der Waals surface area contributed by atoms with Crippen molar-refractivity contribution in [2.75, 3.05) is 26.4 Å². The number of ether oxygens (including phenoxy) is 2. The van der Waals surface area contributed by atoms with E-state index in [2.05, 4.69) is 13.8 Å². The van der Waals surface area contributed by atoms with Gasteiger partial charge in [0.15, 0.2) is 0 Å². The third-order valence-corrected chi connectivity index (χ3v) is 2.90. The van der Waals surface area contributed by atoms with Crippen molar-refractivity contribution in [3.8, 4) is 0 Å². The van der Waals surface area contributed by atoms with Crippen LogP contribution in [0.5, 0.6) is 0 Å². The van der Waals surface area contributed by atoms with E-state index < -0.39 is 6.10 Å². The second-order valence-corrected chi connectivity index (χ2v) is 4.92. The molecule has 0 saturated carbocycles. The molecule has 0 fully saturated rings. The first-order valence-electron chi connectivity index (χ1n) is 7.64. The molecule has 0 aliphatic rings. The second-order valence-electron chi connectivity index (χ2n) is 4.92. The molecule has 0 aliphatic carbocycles. The summed E-state index contributed by atoms with van der Waals surface area (Å²) in [5.74, 6) is 0. The van der Waals surface area contributed by atoms with Crippen molar-refractivity contribution in [3.63, 3.8) is 0 Å². The normalized spacial score (nSPS) is 11.3. The molecule has 0 saturated heterocycles. The predicted molar refractivity (Wildman–Crippen MR) is 75.9 cm³/mol. The zero-order valence-corrected chi connectivity index (χ0v) is 12.3. The average molecular weight is 260 g/mol. The van der Waals surface area contributed by atoms with Crippen LogP contribution in [0.25, 0.3) is 0 Å². The molecule has 0 spiro atoms. The Bertz CT molecular complexity index is 135. The van der Waals surface area contributed by atoms with E-state index in [0.29, 0.717) is 13.2 Å². The first kappa shape index (κ1) is 17.9. The molecule has 3 heteroatoms. The molecule has 18 heavy (non-hydrogen) atoms. The number of unbranched alkanes of at least 4 members (excludes halogenated alkanes) is 6. The van der Waals surface area contributed by atoms with Crippen LogP contribution in [-0.2, 0) is 9.47 Å². The first-order valence-corrected chi connectivity index (χ1v) is 7.64. The van der Waals surface area contributed by atoms with Gasteiger partial charge in [-0.25, -0.2) is 0 Å². The van der Waals surface area contributed by atoms with Gasteiger partial charge in [-0.3, -0.25) is 0 Å². The van der Waals surface area contributed by atoms with Gasteiger partial charge in [-0.05, 0) is 12.8 Å². The van der Waals surface area contributed by atoms with Crippen LogP contribution in [0.4, 0.5) is 0 Å². The highest BCUT2D eigenvalue weighted by Gasteiger charge is 2.03. The smallest absolute Gasteiger partial charge is 0.101 e. The lowest BCUT2D eigenvalue weighted by Crippen LogP contribution is -2.22. The third-order valence-electron chi connectivity index (χ3n) is 2.90. The van der Waals surface area contributed by atoms with Gasteiger partial charge in [0.05, 0.1) is 13.2 Å². The maximum absolute atomic E-state index is 9.60. The maximum atomic E-state index is 9.60. The van der Waals surface area contributed by atoms with Crippen molar-refractivity contribution in [1.29, 1.82) is 0 Å². The number of hydrogen-bond acceptors (Lipinski definition) is 3. The summed E-state index contributed by atoms with van der Waals surface area (Å²) >= 11 is 0. The molecule has 0 unspecified atom stereocenters. The molecule has 3 nitrogen and oxygen atoms in total. The molecule has 0 rings (SSSR count). The Kier molecular flexibility index (Phi) is 14.8. The van der Waals surface area contributed by atoms with Crippen LogP contribution in [0.3, 0.4) is 0 Å². The van der Waals surface area contributed by atoms with Crippen molar-refractivity contribution in [1.82, 2.24) is 0 Å². The van der Waals surface area contributed by atoms with Gasteiger partial charge in [0, 0.05) is 13.2 Å². The van der Waals surface area contributed by atoms with Crippen LogP contribution in [0.15, 0.2) is 0 Å². The molecule has 0 radical (unpaired) electrons. The molecule has 1 N–H and O–H groups in total. The summed E-state index contributed by atoms with van der Waals surface area (Å²) in [7, 11) is 0. The fourth-order valence-electron chi connectivity index (χ4n) is 1.75.